The molecule has 3 aromatic rings. The van der Waals surface area contributed by atoms with E-state index in [0.717, 1.165) is 28.0 Å². The first-order chi connectivity index (χ1) is 11.7. The molecule has 3 rings (SSSR count). The van der Waals surface area contributed by atoms with Gasteiger partial charge in [-0.05, 0) is 37.3 Å². The van der Waals surface area contributed by atoms with E-state index < -0.39 is 0 Å². The average molecular weight is 325 g/mol. The van der Waals surface area contributed by atoms with E-state index in [-0.39, 0.29) is 0 Å². The Hall–Kier alpha value is -3.02. The lowest BCUT2D eigenvalue weighted by atomic mass is 10.1. The number of rotatable bonds is 6. The summed E-state index contributed by atoms with van der Waals surface area (Å²) in [6.45, 7) is 2.61. The summed E-state index contributed by atoms with van der Waals surface area (Å²) in [6.07, 6.45) is 1.69. The number of methoxy groups -OCH3 is 2. The topological polar surface area (TPSA) is 65.5 Å². The molecule has 0 spiro atoms. The average Bonchev–Trinajstić information content (AvgIpc) is 2.62. The van der Waals surface area contributed by atoms with Gasteiger partial charge in [-0.15, -0.1) is 0 Å². The Balaban J connectivity index is 1.96. The smallest absolute Gasteiger partial charge is 0.162 e. The second-order valence-corrected chi connectivity index (χ2v) is 5.06. The van der Waals surface area contributed by atoms with Crippen LogP contribution in [-0.4, -0.2) is 31.0 Å². The van der Waals surface area contributed by atoms with Gasteiger partial charge in [0.05, 0.1) is 38.2 Å². The highest BCUT2D eigenvalue weighted by molar-refractivity contribution is 5.94. The van der Waals surface area contributed by atoms with Crippen LogP contribution >= 0.6 is 0 Å². The van der Waals surface area contributed by atoms with E-state index in [1.165, 1.54) is 0 Å². The maximum absolute atomic E-state index is 5.46. The number of ether oxygens (including phenoxy) is 3. The first kappa shape index (κ1) is 15.9. The molecule has 0 saturated heterocycles. The zero-order chi connectivity index (χ0) is 16.9. The summed E-state index contributed by atoms with van der Waals surface area (Å²) < 4.78 is 16.1. The minimum absolute atomic E-state index is 0.623. The van der Waals surface area contributed by atoms with E-state index >= 15 is 0 Å². The first-order valence-corrected chi connectivity index (χ1v) is 7.62. The molecule has 0 unspecified atom stereocenters. The second-order valence-electron chi connectivity index (χ2n) is 5.06. The molecule has 6 nitrogen and oxygen atoms in total. The van der Waals surface area contributed by atoms with Crippen molar-refractivity contribution in [3.63, 3.8) is 0 Å². The van der Waals surface area contributed by atoms with Crippen molar-refractivity contribution in [3.05, 3.63) is 42.6 Å². The van der Waals surface area contributed by atoms with E-state index in [2.05, 4.69) is 15.5 Å². The molecule has 0 fully saturated rings. The molecule has 2 aromatic carbocycles. The molecule has 0 aliphatic carbocycles. The lowest BCUT2D eigenvalue weighted by Gasteiger charge is -2.12. The summed E-state index contributed by atoms with van der Waals surface area (Å²) in [6, 6.07) is 11.5. The number of nitrogens with one attached hydrogen (secondary N) is 1. The van der Waals surface area contributed by atoms with Gasteiger partial charge in [0.25, 0.3) is 0 Å². The van der Waals surface area contributed by atoms with Crippen molar-refractivity contribution in [1.82, 2.24) is 10.2 Å². The van der Waals surface area contributed by atoms with Crippen LogP contribution in [0.2, 0.25) is 0 Å². The van der Waals surface area contributed by atoms with Gasteiger partial charge in [0.15, 0.2) is 11.5 Å². The lowest BCUT2D eigenvalue weighted by molar-refractivity contribution is 0.340. The minimum atomic E-state index is 0.623. The van der Waals surface area contributed by atoms with Crippen molar-refractivity contribution in [2.24, 2.45) is 0 Å². The van der Waals surface area contributed by atoms with Gasteiger partial charge in [-0.25, -0.2) is 0 Å². The van der Waals surface area contributed by atoms with Gasteiger partial charge in [-0.2, -0.15) is 10.2 Å². The van der Waals surface area contributed by atoms with Crippen molar-refractivity contribution < 1.29 is 14.2 Å². The molecule has 0 atom stereocenters. The van der Waals surface area contributed by atoms with Crippen molar-refractivity contribution >= 4 is 22.3 Å². The maximum Gasteiger partial charge on any atom is 0.162 e. The number of nitrogens with zero attached hydrogens (tertiary/aromatic N) is 2. The zero-order valence-corrected chi connectivity index (χ0v) is 13.9. The quantitative estimate of drug-likeness (QED) is 0.744. The summed E-state index contributed by atoms with van der Waals surface area (Å²) in [4.78, 5) is 0. The van der Waals surface area contributed by atoms with Crippen LogP contribution < -0.4 is 19.5 Å². The molecule has 1 N–H and O–H groups in total. The Labute approximate surface area is 140 Å². The van der Waals surface area contributed by atoms with Crippen LogP contribution in [0, 0.1) is 0 Å². The van der Waals surface area contributed by atoms with Gasteiger partial charge < -0.3 is 19.5 Å². The Morgan fingerprint density at radius 2 is 1.71 bits per heavy atom. The molecule has 1 heterocycles. The van der Waals surface area contributed by atoms with Crippen LogP contribution in [0.3, 0.4) is 0 Å². The van der Waals surface area contributed by atoms with Gasteiger partial charge in [0, 0.05) is 17.1 Å². The SMILES string of the molecule is CCOc1ccc(Nc2cnnc3cc(OC)c(OC)cc23)cc1. The molecular weight excluding hydrogens is 306 g/mol. The van der Waals surface area contributed by atoms with Crippen LogP contribution in [0.25, 0.3) is 10.9 Å². The monoisotopic (exact) mass is 325 g/mol. The number of hydrogen-bond acceptors (Lipinski definition) is 6. The molecule has 0 aliphatic heterocycles. The van der Waals surface area contributed by atoms with E-state index in [9.17, 15) is 0 Å². The maximum atomic E-state index is 5.46. The van der Waals surface area contributed by atoms with Crippen LogP contribution in [0.4, 0.5) is 11.4 Å². The molecule has 0 amide bonds. The van der Waals surface area contributed by atoms with Crippen molar-refractivity contribution in [2.45, 2.75) is 6.92 Å². The summed E-state index contributed by atoms with van der Waals surface area (Å²) in [5.41, 5.74) is 2.50. The second kappa shape index (κ2) is 7.04. The fourth-order valence-electron chi connectivity index (χ4n) is 2.44. The fourth-order valence-corrected chi connectivity index (χ4v) is 2.44. The predicted molar refractivity (Wildman–Crippen MR) is 93.5 cm³/mol. The van der Waals surface area contributed by atoms with Gasteiger partial charge in [-0.3, -0.25) is 0 Å². The highest BCUT2D eigenvalue weighted by atomic mass is 16.5. The minimum Gasteiger partial charge on any atom is -0.494 e. The van der Waals surface area contributed by atoms with Gasteiger partial charge in [-0.1, -0.05) is 0 Å². The number of benzene rings is 2. The largest absolute Gasteiger partial charge is 0.494 e. The van der Waals surface area contributed by atoms with Crippen LogP contribution in [0.5, 0.6) is 17.2 Å². The summed E-state index contributed by atoms with van der Waals surface area (Å²) >= 11 is 0. The normalized spacial score (nSPS) is 10.5. The fraction of sp³-hybridized carbons (Fsp3) is 0.222. The molecule has 6 heteroatoms. The molecule has 1 aromatic heterocycles. The van der Waals surface area contributed by atoms with E-state index in [4.69, 9.17) is 14.2 Å². The van der Waals surface area contributed by atoms with Crippen molar-refractivity contribution in [1.29, 1.82) is 0 Å². The third-order valence-electron chi connectivity index (χ3n) is 3.59. The Bertz CT molecular complexity index is 835. The number of hydrogen-bond donors (Lipinski definition) is 1. The van der Waals surface area contributed by atoms with Crippen LogP contribution in [-0.2, 0) is 0 Å². The highest BCUT2D eigenvalue weighted by Crippen LogP contribution is 2.34. The highest BCUT2D eigenvalue weighted by Gasteiger charge is 2.10. The predicted octanol–water partition coefficient (Wildman–Crippen LogP) is 3.79. The molecule has 0 bridgehead atoms. The van der Waals surface area contributed by atoms with Gasteiger partial charge >= 0.3 is 0 Å². The number of fused-ring (bicyclic) bond motifs is 1. The Morgan fingerprint density at radius 3 is 2.38 bits per heavy atom. The summed E-state index contributed by atoms with van der Waals surface area (Å²) in [5, 5.41) is 12.5. The van der Waals surface area contributed by atoms with E-state index in [0.29, 0.717) is 18.1 Å². The lowest BCUT2D eigenvalue weighted by Crippen LogP contribution is -1.97. The first-order valence-electron chi connectivity index (χ1n) is 7.62. The molecule has 0 radical (unpaired) electrons. The van der Waals surface area contributed by atoms with Gasteiger partial charge in [0.1, 0.15) is 5.75 Å². The zero-order valence-electron chi connectivity index (χ0n) is 13.9. The molecule has 24 heavy (non-hydrogen) atoms. The standard InChI is InChI=1S/C18H19N3O3/c1-4-24-13-7-5-12(6-8-13)20-16-11-19-21-15-10-18(23-3)17(22-2)9-14(15)16/h5-11H,4H2,1-3H3,(H,20,21). The third kappa shape index (κ3) is 3.17. The van der Waals surface area contributed by atoms with Crippen LogP contribution in [0.15, 0.2) is 42.6 Å². The number of aromatic nitrogens is 2. The molecule has 0 saturated carbocycles. The number of anilines is 2. The third-order valence-corrected chi connectivity index (χ3v) is 3.59. The Kier molecular flexibility index (Phi) is 4.65. The molecule has 0 aliphatic rings. The van der Waals surface area contributed by atoms with E-state index in [1.807, 2.05) is 43.3 Å². The van der Waals surface area contributed by atoms with Crippen LogP contribution in [0.1, 0.15) is 6.92 Å². The van der Waals surface area contributed by atoms with Crippen molar-refractivity contribution in [2.75, 3.05) is 26.1 Å². The van der Waals surface area contributed by atoms with E-state index in [1.54, 1.807) is 20.4 Å². The molecular formula is C18H19N3O3. The summed E-state index contributed by atoms with van der Waals surface area (Å²) in [5.74, 6) is 2.11. The Morgan fingerprint density at radius 1 is 1.00 bits per heavy atom. The van der Waals surface area contributed by atoms with Crippen molar-refractivity contribution in [3.8, 4) is 17.2 Å². The summed E-state index contributed by atoms with van der Waals surface area (Å²) in [7, 11) is 3.21. The molecule has 124 valence electrons. The van der Waals surface area contributed by atoms with Gasteiger partial charge in [0.2, 0.25) is 0 Å².